The van der Waals surface area contributed by atoms with Gasteiger partial charge in [-0.2, -0.15) is 0 Å². The van der Waals surface area contributed by atoms with Crippen LogP contribution in [0.3, 0.4) is 0 Å². The van der Waals surface area contributed by atoms with Gasteiger partial charge in [-0.05, 0) is 29.8 Å². The van der Waals surface area contributed by atoms with E-state index < -0.39 is 6.03 Å². The lowest BCUT2D eigenvalue weighted by Crippen LogP contribution is -2.27. The average molecular weight is 523 g/mol. The maximum atomic E-state index is 12.7. The van der Waals surface area contributed by atoms with Gasteiger partial charge in [0.15, 0.2) is 23.0 Å². The van der Waals surface area contributed by atoms with Crippen molar-refractivity contribution < 1.29 is 23.7 Å². The Morgan fingerprint density at radius 2 is 1.65 bits per heavy atom. The lowest BCUT2D eigenvalue weighted by atomic mass is 10.2. The van der Waals surface area contributed by atoms with Gasteiger partial charge in [-0.25, -0.2) is 19.7 Å². The number of anilines is 3. The molecule has 0 aliphatic heterocycles. The van der Waals surface area contributed by atoms with E-state index in [-0.39, 0.29) is 6.54 Å². The maximum Gasteiger partial charge on any atom is 0.333 e. The number of carbonyl (C=O) groups is 1. The summed E-state index contributed by atoms with van der Waals surface area (Å²) in [4.78, 5) is 26.0. The summed E-state index contributed by atoms with van der Waals surface area (Å²) in [6.45, 7) is 0.266. The molecule has 37 heavy (non-hydrogen) atoms. The first kappa shape index (κ1) is 25.6. The minimum atomic E-state index is -0.447. The van der Waals surface area contributed by atoms with Gasteiger partial charge in [-0.15, -0.1) is 0 Å². The van der Waals surface area contributed by atoms with Crippen LogP contribution in [0, 0.1) is 0 Å². The number of hydrogen-bond donors (Lipinski definition) is 3. The number of fused-ring (bicyclic) bond motifs is 1. The summed E-state index contributed by atoms with van der Waals surface area (Å²) in [6, 6.07) is 13.8. The van der Waals surface area contributed by atoms with Gasteiger partial charge in [0.2, 0.25) is 5.75 Å². The summed E-state index contributed by atoms with van der Waals surface area (Å²) in [6.07, 6.45) is 1.58. The van der Waals surface area contributed by atoms with E-state index >= 15 is 0 Å². The molecule has 2 aromatic carbocycles. The number of benzene rings is 2. The largest absolute Gasteiger partial charge is 0.497 e. The molecule has 2 amide bonds. The molecule has 192 valence electrons. The summed E-state index contributed by atoms with van der Waals surface area (Å²) in [7, 11) is 6.21. The summed E-state index contributed by atoms with van der Waals surface area (Å²) >= 11 is 4.31. The van der Waals surface area contributed by atoms with Crippen LogP contribution in [0.15, 0.2) is 54.7 Å². The lowest BCUT2D eigenvalue weighted by Gasteiger charge is -2.17. The average Bonchev–Trinajstić information content (AvgIpc) is 2.92. The molecule has 0 radical (unpaired) electrons. The second kappa shape index (κ2) is 11.5. The molecule has 12 heteroatoms. The van der Waals surface area contributed by atoms with Crippen LogP contribution in [0.1, 0.15) is 5.56 Å². The number of nitrogens with one attached hydrogen (secondary N) is 2. The second-order valence-corrected chi connectivity index (χ2v) is 8.16. The maximum absolute atomic E-state index is 12.7. The zero-order valence-electron chi connectivity index (χ0n) is 20.7. The third-order valence-electron chi connectivity index (χ3n) is 5.28. The van der Waals surface area contributed by atoms with Crippen LogP contribution in [0.4, 0.5) is 22.1 Å². The highest BCUT2D eigenvalue weighted by Gasteiger charge is 2.15. The molecule has 0 fully saturated rings. The quantitative estimate of drug-likeness (QED) is 0.269. The number of aromatic nitrogens is 3. The number of rotatable bonds is 9. The fourth-order valence-electron chi connectivity index (χ4n) is 3.52. The molecule has 2 aromatic heterocycles. The third kappa shape index (κ3) is 6.04. The Balaban J connectivity index is 1.50. The monoisotopic (exact) mass is 522 g/mol. The van der Waals surface area contributed by atoms with E-state index in [0.29, 0.717) is 51.5 Å². The molecule has 4 rings (SSSR count). The number of methoxy groups -OCH3 is 4. The zero-order valence-corrected chi connectivity index (χ0v) is 21.6. The predicted octanol–water partition coefficient (Wildman–Crippen LogP) is 4.68. The Labute approximate surface area is 219 Å². The number of urea groups is 1. The summed E-state index contributed by atoms with van der Waals surface area (Å²) in [5.74, 6) is 2.91. The number of amides is 2. The molecular formula is C25H26N6O5S. The minimum absolute atomic E-state index is 0.266. The number of ether oxygens (including phenoxy) is 4. The first-order chi connectivity index (χ1) is 17.9. The Morgan fingerprint density at radius 3 is 2.32 bits per heavy atom. The zero-order chi connectivity index (χ0) is 26.4. The molecule has 0 unspecified atom stereocenters. The van der Waals surface area contributed by atoms with Gasteiger partial charge in [0.05, 0.1) is 41.2 Å². The summed E-state index contributed by atoms with van der Waals surface area (Å²) < 4.78 is 22.6. The van der Waals surface area contributed by atoms with Crippen molar-refractivity contribution in [2.24, 2.45) is 0 Å². The highest BCUT2D eigenvalue weighted by atomic mass is 32.1. The smallest absolute Gasteiger partial charge is 0.333 e. The molecular weight excluding hydrogens is 496 g/mol. The molecule has 0 aliphatic rings. The van der Waals surface area contributed by atoms with Gasteiger partial charge in [-0.1, -0.05) is 24.9 Å². The van der Waals surface area contributed by atoms with Gasteiger partial charge in [0.1, 0.15) is 17.1 Å². The normalized spacial score (nSPS) is 10.5. The number of thiol groups is 1. The first-order valence-electron chi connectivity index (χ1n) is 11.0. The molecule has 4 aromatic rings. The van der Waals surface area contributed by atoms with Crippen molar-refractivity contribution in [3.05, 3.63) is 60.3 Å². The highest BCUT2D eigenvalue weighted by molar-refractivity contribution is 7.78. The Bertz CT molecular complexity index is 1390. The van der Waals surface area contributed by atoms with Gasteiger partial charge < -0.3 is 24.3 Å². The van der Waals surface area contributed by atoms with Crippen LogP contribution in [0.2, 0.25) is 0 Å². The number of pyridine rings is 1. The van der Waals surface area contributed by atoms with E-state index in [1.54, 1.807) is 51.8 Å². The fraction of sp³-hybridized carbons (Fsp3) is 0.200. The SMILES string of the molecule is COc1cccc(CN(S)C(=O)Nc2ccc3ncc(Nc4cc(OC)c(OC)c(OC)c4)nc3n2)c1. The molecule has 0 atom stereocenters. The van der Waals surface area contributed by atoms with Crippen LogP contribution in [-0.2, 0) is 6.54 Å². The topological polar surface area (TPSA) is 120 Å². The van der Waals surface area contributed by atoms with Crippen LogP contribution in [0.25, 0.3) is 11.2 Å². The number of carbonyl (C=O) groups excluding carboxylic acids is 1. The number of hydrogen-bond acceptors (Lipinski definition) is 10. The highest BCUT2D eigenvalue weighted by Crippen LogP contribution is 2.40. The van der Waals surface area contributed by atoms with E-state index in [2.05, 4.69) is 38.4 Å². The lowest BCUT2D eigenvalue weighted by molar-refractivity contribution is 0.238. The van der Waals surface area contributed by atoms with Crippen LogP contribution in [0.5, 0.6) is 23.0 Å². The van der Waals surface area contributed by atoms with Crippen molar-refractivity contribution in [2.75, 3.05) is 39.1 Å². The molecule has 2 heterocycles. The molecule has 0 saturated heterocycles. The van der Waals surface area contributed by atoms with Crippen molar-refractivity contribution in [3.63, 3.8) is 0 Å². The summed E-state index contributed by atoms with van der Waals surface area (Å²) in [5, 5.41) is 5.89. The van der Waals surface area contributed by atoms with Crippen molar-refractivity contribution in [1.29, 1.82) is 0 Å². The Hall–Kier alpha value is -4.45. The molecule has 11 nitrogen and oxygen atoms in total. The number of nitrogens with zero attached hydrogens (tertiary/aromatic N) is 4. The second-order valence-electron chi connectivity index (χ2n) is 7.67. The van der Waals surface area contributed by atoms with E-state index in [1.807, 2.05) is 24.3 Å². The van der Waals surface area contributed by atoms with Crippen molar-refractivity contribution >= 4 is 47.3 Å². The van der Waals surface area contributed by atoms with Crippen LogP contribution < -0.4 is 29.6 Å². The van der Waals surface area contributed by atoms with E-state index in [9.17, 15) is 4.79 Å². The van der Waals surface area contributed by atoms with E-state index in [0.717, 1.165) is 5.56 Å². The van der Waals surface area contributed by atoms with Gasteiger partial charge in [-0.3, -0.25) is 9.62 Å². The van der Waals surface area contributed by atoms with Gasteiger partial charge in [0.25, 0.3) is 0 Å². The molecule has 0 spiro atoms. The molecule has 0 bridgehead atoms. The minimum Gasteiger partial charge on any atom is -0.497 e. The van der Waals surface area contributed by atoms with Gasteiger partial charge >= 0.3 is 6.03 Å². The molecule has 0 saturated carbocycles. The van der Waals surface area contributed by atoms with Crippen molar-refractivity contribution in [3.8, 4) is 23.0 Å². The fourth-order valence-corrected chi connectivity index (χ4v) is 3.73. The van der Waals surface area contributed by atoms with Crippen molar-refractivity contribution in [1.82, 2.24) is 19.3 Å². The van der Waals surface area contributed by atoms with Crippen molar-refractivity contribution in [2.45, 2.75) is 6.54 Å². The summed E-state index contributed by atoms with van der Waals surface area (Å²) in [5.41, 5.74) is 2.42. The van der Waals surface area contributed by atoms with Gasteiger partial charge in [0, 0.05) is 17.8 Å². The molecule has 2 N–H and O–H groups in total. The molecule has 0 aliphatic carbocycles. The first-order valence-corrected chi connectivity index (χ1v) is 11.4. The van der Waals surface area contributed by atoms with Crippen LogP contribution >= 0.6 is 12.8 Å². The van der Waals surface area contributed by atoms with E-state index in [1.165, 1.54) is 11.4 Å². The van der Waals surface area contributed by atoms with Crippen LogP contribution in [-0.4, -0.2) is 53.7 Å². The Morgan fingerprint density at radius 1 is 0.919 bits per heavy atom. The predicted molar refractivity (Wildman–Crippen MR) is 143 cm³/mol. The Kier molecular flexibility index (Phi) is 7.98. The standard InChI is InChI=1S/C25H26N6O5S/c1-33-17-7-5-6-15(10-17)14-31(37)25(32)30-21-9-8-18-24(28-21)29-22(13-26-18)27-16-11-19(34-2)23(36-4)20(12-16)35-3/h5-13,37H,14H2,1-4H3,(H2,27,28,29,30,32). The van der Waals surface area contributed by atoms with E-state index in [4.69, 9.17) is 18.9 Å². The third-order valence-corrected chi connectivity index (χ3v) is 5.60.